The molecule has 0 unspecified atom stereocenters. The van der Waals surface area contributed by atoms with Crippen LogP contribution in [0.3, 0.4) is 0 Å². The predicted molar refractivity (Wildman–Crippen MR) is 86.0 cm³/mol. The predicted octanol–water partition coefficient (Wildman–Crippen LogP) is 2.94. The van der Waals surface area contributed by atoms with Crippen molar-refractivity contribution in [2.45, 2.75) is 6.54 Å². The minimum absolute atomic E-state index is 0.440. The van der Waals surface area contributed by atoms with Crippen molar-refractivity contribution in [3.05, 3.63) is 42.0 Å². The van der Waals surface area contributed by atoms with E-state index in [0.717, 1.165) is 49.1 Å². The summed E-state index contributed by atoms with van der Waals surface area (Å²) in [6.07, 6.45) is 2.13. The number of phenols is 1. The van der Waals surface area contributed by atoms with Gasteiger partial charge in [0, 0.05) is 43.7 Å². The van der Waals surface area contributed by atoms with Crippen LogP contribution in [-0.2, 0) is 6.54 Å². The van der Waals surface area contributed by atoms with Crippen molar-refractivity contribution in [3.63, 3.8) is 0 Å². The summed E-state index contributed by atoms with van der Waals surface area (Å²) >= 11 is 1.82. The SMILES string of the molecule is CSN1CCN(Cc2ccc3ccccc3c2O)CC1. The molecule has 0 spiro atoms. The van der Waals surface area contributed by atoms with Gasteiger partial charge in [-0.15, -0.1) is 0 Å². The van der Waals surface area contributed by atoms with Crippen LogP contribution in [0.5, 0.6) is 5.75 Å². The molecule has 0 aromatic heterocycles. The molecule has 1 N–H and O–H groups in total. The lowest BCUT2D eigenvalue weighted by atomic mass is 10.0. The molecular weight excluding hydrogens is 268 g/mol. The first kappa shape index (κ1) is 13.7. The normalized spacial score (nSPS) is 17.6. The number of piperazine rings is 1. The van der Waals surface area contributed by atoms with Crippen molar-refractivity contribution in [1.82, 2.24) is 9.21 Å². The van der Waals surface area contributed by atoms with Gasteiger partial charge >= 0.3 is 0 Å². The Balaban J connectivity index is 1.76. The van der Waals surface area contributed by atoms with Gasteiger partial charge in [-0.05, 0) is 11.6 Å². The third-order valence-corrected chi connectivity index (χ3v) is 4.85. The van der Waals surface area contributed by atoms with E-state index in [4.69, 9.17) is 0 Å². The molecule has 2 aromatic carbocycles. The highest BCUT2D eigenvalue weighted by molar-refractivity contribution is 7.96. The van der Waals surface area contributed by atoms with Crippen molar-refractivity contribution < 1.29 is 5.11 Å². The van der Waals surface area contributed by atoms with Gasteiger partial charge in [0.1, 0.15) is 5.75 Å². The highest BCUT2D eigenvalue weighted by Gasteiger charge is 2.17. The van der Waals surface area contributed by atoms with Crippen LogP contribution >= 0.6 is 11.9 Å². The highest BCUT2D eigenvalue weighted by atomic mass is 32.2. The molecule has 0 atom stereocenters. The summed E-state index contributed by atoms with van der Waals surface area (Å²) in [5, 5.41) is 12.5. The molecule has 20 heavy (non-hydrogen) atoms. The minimum Gasteiger partial charge on any atom is -0.507 e. The van der Waals surface area contributed by atoms with Gasteiger partial charge in [0.2, 0.25) is 0 Å². The Kier molecular flexibility index (Phi) is 4.15. The smallest absolute Gasteiger partial charge is 0.127 e. The third kappa shape index (κ3) is 2.77. The van der Waals surface area contributed by atoms with Crippen LogP contribution in [0.25, 0.3) is 10.8 Å². The maximum absolute atomic E-state index is 10.4. The Bertz CT molecular complexity index is 594. The summed E-state index contributed by atoms with van der Waals surface area (Å²) in [4.78, 5) is 2.41. The maximum Gasteiger partial charge on any atom is 0.127 e. The standard InChI is InChI=1S/C16H20N2OS/c1-20-18-10-8-17(9-11-18)12-14-7-6-13-4-2-3-5-15(13)16(14)19/h2-7,19H,8-12H2,1H3. The third-order valence-electron chi connectivity index (χ3n) is 3.97. The van der Waals surface area contributed by atoms with E-state index in [9.17, 15) is 5.11 Å². The molecule has 2 aromatic rings. The molecule has 1 aliphatic heterocycles. The lowest BCUT2D eigenvalue weighted by Gasteiger charge is -2.33. The van der Waals surface area contributed by atoms with Crippen LogP contribution in [0.1, 0.15) is 5.56 Å². The van der Waals surface area contributed by atoms with Gasteiger partial charge in [0.05, 0.1) is 0 Å². The molecule has 0 saturated carbocycles. The fraction of sp³-hybridized carbons (Fsp3) is 0.375. The van der Waals surface area contributed by atoms with Crippen LogP contribution in [0.2, 0.25) is 0 Å². The molecule has 1 heterocycles. The van der Waals surface area contributed by atoms with Crippen molar-refractivity contribution in [1.29, 1.82) is 0 Å². The van der Waals surface area contributed by atoms with Gasteiger partial charge < -0.3 is 5.11 Å². The summed E-state index contributed by atoms with van der Waals surface area (Å²) in [5.74, 6) is 0.440. The zero-order valence-corrected chi connectivity index (χ0v) is 12.6. The van der Waals surface area contributed by atoms with Crippen LogP contribution in [-0.4, -0.2) is 46.7 Å². The van der Waals surface area contributed by atoms with E-state index in [0.29, 0.717) is 5.75 Å². The van der Waals surface area contributed by atoms with E-state index in [2.05, 4.69) is 27.6 Å². The Morgan fingerprint density at radius 2 is 1.80 bits per heavy atom. The number of hydrogen-bond donors (Lipinski definition) is 1. The quantitative estimate of drug-likeness (QED) is 0.879. The average molecular weight is 288 g/mol. The molecule has 1 saturated heterocycles. The second-order valence-corrected chi connectivity index (χ2v) is 6.06. The first-order valence-corrected chi connectivity index (χ1v) is 8.17. The molecule has 0 aliphatic carbocycles. The average Bonchev–Trinajstić information content (AvgIpc) is 2.51. The monoisotopic (exact) mass is 288 g/mol. The number of aromatic hydroxyl groups is 1. The molecule has 3 rings (SSSR count). The molecule has 4 heteroatoms. The minimum atomic E-state index is 0.440. The second kappa shape index (κ2) is 6.04. The topological polar surface area (TPSA) is 26.7 Å². The Morgan fingerprint density at radius 3 is 2.55 bits per heavy atom. The van der Waals surface area contributed by atoms with Crippen molar-refractivity contribution in [2.75, 3.05) is 32.4 Å². The molecule has 0 bridgehead atoms. The van der Waals surface area contributed by atoms with E-state index >= 15 is 0 Å². The molecule has 1 aliphatic rings. The van der Waals surface area contributed by atoms with Crippen LogP contribution in [0, 0.1) is 0 Å². The zero-order valence-electron chi connectivity index (χ0n) is 11.7. The maximum atomic E-state index is 10.4. The molecule has 0 radical (unpaired) electrons. The van der Waals surface area contributed by atoms with Crippen molar-refractivity contribution >= 4 is 22.7 Å². The van der Waals surface area contributed by atoms with Gasteiger partial charge in [-0.2, -0.15) is 0 Å². The van der Waals surface area contributed by atoms with Gasteiger partial charge in [-0.25, -0.2) is 4.31 Å². The Labute approximate surface area is 124 Å². The fourth-order valence-corrected chi connectivity index (χ4v) is 3.27. The summed E-state index contributed by atoms with van der Waals surface area (Å²) in [7, 11) is 0. The zero-order chi connectivity index (χ0) is 13.9. The van der Waals surface area contributed by atoms with E-state index in [1.807, 2.05) is 36.2 Å². The lowest BCUT2D eigenvalue weighted by molar-refractivity contribution is 0.188. The fourth-order valence-electron chi connectivity index (χ4n) is 2.74. The number of nitrogens with zero attached hydrogens (tertiary/aromatic N) is 2. The first-order valence-electron chi connectivity index (χ1n) is 6.99. The van der Waals surface area contributed by atoms with Crippen LogP contribution in [0.4, 0.5) is 0 Å². The van der Waals surface area contributed by atoms with Gasteiger partial charge in [-0.1, -0.05) is 48.3 Å². The molecule has 1 fully saturated rings. The largest absolute Gasteiger partial charge is 0.507 e. The summed E-state index contributed by atoms with van der Waals surface area (Å²) in [5.41, 5.74) is 1.03. The van der Waals surface area contributed by atoms with Gasteiger partial charge in [0.15, 0.2) is 0 Å². The molecule has 106 valence electrons. The number of benzene rings is 2. The van der Waals surface area contributed by atoms with Crippen LogP contribution in [0.15, 0.2) is 36.4 Å². The lowest BCUT2D eigenvalue weighted by Crippen LogP contribution is -2.42. The Hall–Kier alpha value is -1.23. The number of fused-ring (bicyclic) bond motifs is 1. The molecule has 3 nitrogen and oxygen atoms in total. The molecular formula is C16H20N2OS. The van der Waals surface area contributed by atoms with E-state index in [1.165, 1.54) is 0 Å². The van der Waals surface area contributed by atoms with Gasteiger partial charge in [0.25, 0.3) is 0 Å². The number of rotatable bonds is 3. The van der Waals surface area contributed by atoms with Crippen molar-refractivity contribution in [3.8, 4) is 5.75 Å². The van der Waals surface area contributed by atoms with E-state index < -0.39 is 0 Å². The summed E-state index contributed by atoms with van der Waals surface area (Å²) in [6.45, 7) is 5.14. The summed E-state index contributed by atoms with van der Waals surface area (Å²) in [6, 6.07) is 12.2. The number of phenolic OH excluding ortho intramolecular Hbond substituents is 1. The first-order chi connectivity index (χ1) is 9.78. The van der Waals surface area contributed by atoms with Crippen LogP contribution < -0.4 is 0 Å². The summed E-state index contributed by atoms with van der Waals surface area (Å²) < 4.78 is 2.39. The van der Waals surface area contributed by atoms with E-state index in [-0.39, 0.29) is 0 Å². The van der Waals surface area contributed by atoms with Crippen molar-refractivity contribution in [2.24, 2.45) is 0 Å². The van der Waals surface area contributed by atoms with E-state index in [1.54, 1.807) is 0 Å². The molecule has 0 amide bonds. The second-order valence-electron chi connectivity index (χ2n) is 5.18. The van der Waals surface area contributed by atoms with Gasteiger partial charge in [-0.3, -0.25) is 4.90 Å². The highest BCUT2D eigenvalue weighted by Crippen LogP contribution is 2.29. The number of hydrogen-bond acceptors (Lipinski definition) is 4. The Morgan fingerprint density at radius 1 is 1.05 bits per heavy atom.